The van der Waals surface area contributed by atoms with Crippen LogP contribution < -0.4 is 10.2 Å². The van der Waals surface area contributed by atoms with Gasteiger partial charge in [-0.25, -0.2) is 9.97 Å². The third-order valence-electron chi connectivity index (χ3n) is 6.26. The van der Waals surface area contributed by atoms with Crippen LogP contribution in [0, 0.1) is 25.7 Å². The van der Waals surface area contributed by atoms with Gasteiger partial charge >= 0.3 is 0 Å². The number of likely N-dealkylation sites (tertiary alicyclic amines) is 1. The van der Waals surface area contributed by atoms with E-state index in [1.54, 1.807) is 0 Å². The zero-order chi connectivity index (χ0) is 17.6. The van der Waals surface area contributed by atoms with Gasteiger partial charge in [-0.2, -0.15) is 0 Å². The Bertz CT molecular complexity index is 648. The summed E-state index contributed by atoms with van der Waals surface area (Å²) in [5.41, 5.74) is 2.02. The fourth-order valence-electron chi connectivity index (χ4n) is 5.09. The molecule has 0 saturated carbocycles. The van der Waals surface area contributed by atoms with Crippen LogP contribution in [0.25, 0.3) is 0 Å². The minimum absolute atomic E-state index is 0.0143. The Morgan fingerprint density at radius 2 is 1.88 bits per heavy atom. The number of amides is 1. The van der Waals surface area contributed by atoms with Gasteiger partial charge in [0.05, 0.1) is 5.92 Å². The number of nitrogens with zero attached hydrogens (tertiary/aromatic N) is 4. The molecule has 3 aliphatic heterocycles. The Labute approximate surface area is 150 Å². The van der Waals surface area contributed by atoms with Gasteiger partial charge in [0.15, 0.2) is 0 Å². The van der Waals surface area contributed by atoms with Crippen molar-refractivity contribution in [3.05, 3.63) is 17.5 Å². The summed E-state index contributed by atoms with van der Waals surface area (Å²) in [6.45, 7) is 11.2. The first-order chi connectivity index (χ1) is 12.0. The lowest BCUT2D eigenvalue weighted by atomic mass is 9.75. The number of fused-ring (bicyclic) bond motifs is 2. The second kappa shape index (κ2) is 6.24. The lowest BCUT2D eigenvalue weighted by molar-refractivity contribution is -0.123. The molecule has 1 spiro atoms. The Hall–Kier alpha value is -1.69. The van der Waals surface area contributed by atoms with Crippen molar-refractivity contribution in [2.75, 3.05) is 37.6 Å². The number of carbonyl (C=O) groups excluding carboxylic acids is 1. The molecule has 3 saturated heterocycles. The number of aromatic nitrogens is 2. The number of piperidine rings is 1. The molecule has 136 valence electrons. The van der Waals surface area contributed by atoms with Crippen LogP contribution in [0.15, 0.2) is 6.07 Å². The van der Waals surface area contributed by atoms with E-state index in [0.29, 0.717) is 5.92 Å². The molecule has 6 nitrogen and oxygen atoms in total. The molecule has 0 radical (unpaired) electrons. The number of carbonyl (C=O) groups is 1. The topological polar surface area (TPSA) is 61.4 Å². The quantitative estimate of drug-likeness (QED) is 0.902. The highest BCUT2D eigenvalue weighted by Crippen LogP contribution is 2.44. The predicted molar refractivity (Wildman–Crippen MR) is 97.5 cm³/mol. The highest BCUT2D eigenvalue weighted by molar-refractivity contribution is 5.83. The molecule has 2 atom stereocenters. The molecule has 1 aromatic heterocycles. The molecular weight excluding hydrogens is 314 g/mol. The molecule has 2 unspecified atom stereocenters. The Kier molecular flexibility index (Phi) is 4.18. The monoisotopic (exact) mass is 343 g/mol. The normalized spacial score (nSPS) is 28.4. The number of aryl methyl sites for hydroxylation is 2. The minimum Gasteiger partial charge on any atom is -0.350 e. The predicted octanol–water partition coefficient (Wildman–Crippen LogP) is 1.52. The zero-order valence-corrected chi connectivity index (χ0v) is 15.6. The van der Waals surface area contributed by atoms with Crippen molar-refractivity contribution >= 4 is 11.9 Å². The first-order valence-electron chi connectivity index (χ1n) is 9.62. The van der Waals surface area contributed by atoms with E-state index in [-0.39, 0.29) is 17.4 Å². The van der Waals surface area contributed by atoms with Crippen LogP contribution >= 0.6 is 0 Å². The van der Waals surface area contributed by atoms with Gasteiger partial charge in [0.1, 0.15) is 0 Å². The average Bonchev–Trinajstić information content (AvgIpc) is 3.08. The fraction of sp³-hybridized carbons (Fsp3) is 0.737. The first kappa shape index (κ1) is 16.8. The smallest absolute Gasteiger partial charge is 0.225 e. The van der Waals surface area contributed by atoms with Gasteiger partial charge in [-0.05, 0) is 45.7 Å². The van der Waals surface area contributed by atoms with Crippen molar-refractivity contribution in [2.45, 2.75) is 45.6 Å². The molecule has 3 fully saturated rings. The summed E-state index contributed by atoms with van der Waals surface area (Å²) in [6.07, 6.45) is 3.15. The van der Waals surface area contributed by atoms with Gasteiger partial charge in [-0.3, -0.25) is 4.79 Å². The van der Waals surface area contributed by atoms with Crippen LogP contribution in [0.4, 0.5) is 5.95 Å². The van der Waals surface area contributed by atoms with E-state index >= 15 is 0 Å². The molecule has 4 rings (SSSR count). The van der Waals surface area contributed by atoms with Crippen LogP contribution in [0.1, 0.15) is 37.6 Å². The Balaban J connectivity index is 1.48. The van der Waals surface area contributed by atoms with Gasteiger partial charge in [0, 0.05) is 49.0 Å². The molecule has 0 aromatic carbocycles. The fourth-order valence-corrected chi connectivity index (χ4v) is 5.09. The lowest BCUT2D eigenvalue weighted by Crippen LogP contribution is -2.55. The van der Waals surface area contributed by atoms with Crippen LogP contribution in [-0.4, -0.2) is 59.0 Å². The maximum Gasteiger partial charge on any atom is 0.225 e. The number of hydrogen-bond donors (Lipinski definition) is 1. The summed E-state index contributed by atoms with van der Waals surface area (Å²) in [6, 6.07) is 2.01. The van der Waals surface area contributed by atoms with Crippen molar-refractivity contribution in [3.63, 3.8) is 0 Å². The van der Waals surface area contributed by atoms with Gasteiger partial charge in [-0.15, -0.1) is 0 Å². The highest BCUT2D eigenvalue weighted by Gasteiger charge is 2.57. The molecule has 1 amide bonds. The van der Waals surface area contributed by atoms with Crippen LogP contribution in [0.5, 0.6) is 0 Å². The Morgan fingerprint density at radius 1 is 1.20 bits per heavy atom. The molecule has 3 aliphatic rings. The van der Waals surface area contributed by atoms with Crippen LogP contribution in [0.3, 0.4) is 0 Å². The molecule has 1 N–H and O–H groups in total. The number of anilines is 1. The third-order valence-corrected chi connectivity index (χ3v) is 6.26. The van der Waals surface area contributed by atoms with E-state index < -0.39 is 0 Å². The second-order valence-electron chi connectivity index (χ2n) is 8.06. The van der Waals surface area contributed by atoms with Crippen molar-refractivity contribution in [3.8, 4) is 0 Å². The second-order valence-corrected chi connectivity index (χ2v) is 8.06. The SMILES string of the molecule is CCCN1CC2C(=O)NC3(CCN(c4nc(C)cc(C)n4)CC3)C2C1. The number of nitrogens with one attached hydrogen (secondary N) is 1. The Morgan fingerprint density at radius 3 is 2.52 bits per heavy atom. The van der Waals surface area contributed by atoms with E-state index in [1.165, 1.54) is 0 Å². The molecule has 0 aliphatic carbocycles. The van der Waals surface area contributed by atoms with Gasteiger partial charge < -0.3 is 15.1 Å². The average molecular weight is 343 g/mol. The van der Waals surface area contributed by atoms with Crippen LogP contribution in [-0.2, 0) is 4.79 Å². The van der Waals surface area contributed by atoms with Gasteiger partial charge in [-0.1, -0.05) is 6.92 Å². The standard InChI is InChI=1S/C19H29N5O/c1-4-7-23-11-15-16(12-23)19(22-17(15)25)5-8-24(9-6-19)18-20-13(2)10-14(3)21-18/h10,15-16H,4-9,11-12H2,1-3H3,(H,22,25). The van der Waals surface area contributed by atoms with E-state index in [9.17, 15) is 4.79 Å². The summed E-state index contributed by atoms with van der Waals surface area (Å²) < 4.78 is 0. The zero-order valence-electron chi connectivity index (χ0n) is 15.6. The van der Waals surface area contributed by atoms with E-state index in [0.717, 1.165) is 69.3 Å². The van der Waals surface area contributed by atoms with Gasteiger partial charge in [0.2, 0.25) is 11.9 Å². The van der Waals surface area contributed by atoms with Gasteiger partial charge in [0.25, 0.3) is 0 Å². The molecule has 4 heterocycles. The van der Waals surface area contributed by atoms with Crippen molar-refractivity contribution in [1.82, 2.24) is 20.2 Å². The summed E-state index contributed by atoms with van der Waals surface area (Å²) in [5, 5.41) is 3.40. The summed E-state index contributed by atoms with van der Waals surface area (Å²) in [4.78, 5) is 26.5. The maximum absolute atomic E-state index is 12.5. The maximum atomic E-state index is 12.5. The molecule has 0 bridgehead atoms. The lowest BCUT2D eigenvalue weighted by Gasteiger charge is -2.42. The highest BCUT2D eigenvalue weighted by atomic mass is 16.2. The number of hydrogen-bond acceptors (Lipinski definition) is 5. The molecule has 25 heavy (non-hydrogen) atoms. The molecule has 6 heteroatoms. The summed E-state index contributed by atoms with van der Waals surface area (Å²) >= 11 is 0. The molecular formula is C19H29N5O. The van der Waals surface area contributed by atoms with E-state index in [2.05, 4.69) is 32.0 Å². The minimum atomic E-state index is -0.0143. The third kappa shape index (κ3) is 2.90. The summed E-state index contributed by atoms with van der Waals surface area (Å²) in [7, 11) is 0. The largest absolute Gasteiger partial charge is 0.350 e. The van der Waals surface area contributed by atoms with E-state index in [4.69, 9.17) is 0 Å². The van der Waals surface area contributed by atoms with Crippen molar-refractivity contribution in [1.29, 1.82) is 0 Å². The van der Waals surface area contributed by atoms with E-state index in [1.807, 2.05) is 19.9 Å². The first-order valence-corrected chi connectivity index (χ1v) is 9.62. The van der Waals surface area contributed by atoms with Crippen molar-refractivity contribution in [2.24, 2.45) is 11.8 Å². The van der Waals surface area contributed by atoms with Crippen LogP contribution in [0.2, 0.25) is 0 Å². The number of rotatable bonds is 3. The molecule has 1 aromatic rings. The van der Waals surface area contributed by atoms with Crippen molar-refractivity contribution < 1.29 is 4.79 Å². The summed E-state index contributed by atoms with van der Waals surface area (Å²) in [5.74, 6) is 1.77.